The quantitative estimate of drug-likeness (QED) is 0.514. The van der Waals surface area contributed by atoms with Crippen LogP contribution in [0.3, 0.4) is 0 Å². The normalized spacial score (nSPS) is 7.82. The average molecular weight is 176 g/mol. The molecule has 0 aliphatic rings. The van der Waals surface area contributed by atoms with Gasteiger partial charge in [0, 0.05) is 6.54 Å². The third-order valence-corrected chi connectivity index (χ3v) is 0.806. The molecule has 1 N–H and O–H groups in total. The lowest BCUT2D eigenvalue weighted by atomic mass is 10.3. The predicted molar refractivity (Wildman–Crippen MR) is 56.4 cm³/mol. The predicted octanol–water partition coefficient (Wildman–Crippen LogP) is 2.56. The molecule has 0 spiro atoms. The zero-order valence-corrected chi connectivity index (χ0v) is 8.21. The van der Waals surface area contributed by atoms with Gasteiger partial charge in [-0.15, -0.1) is 25.6 Å². The van der Waals surface area contributed by atoms with Gasteiger partial charge in [-0.1, -0.05) is 18.7 Å². The first-order chi connectivity index (χ1) is 4.81. The van der Waals surface area contributed by atoms with Gasteiger partial charge in [-0.2, -0.15) is 0 Å². The van der Waals surface area contributed by atoms with E-state index in [1.54, 1.807) is 0 Å². The number of likely N-dealkylation sites (N-methyl/N-ethyl adjacent to an activating group) is 1. The largest absolute Gasteiger partial charge is 0.316 e. The molecule has 1 nitrogen and oxygen atoms in total. The minimum Gasteiger partial charge on any atom is -0.316 e. The first kappa shape index (κ1) is 16.8. The summed E-state index contributed by atoms with van der Waals surface area (Å²) >= 11 is 0. The van der Waals surface area contributed by atoms with Crippen LogP contribution in [-0.2, 0) is 0 Å². The van der Waals surface area contributed by atoms with Crippen LogP contribution in [0.1, 0.15) is 6.92 Å². The summed E-state index contributed by atoms with van der Waals surface area (Å²) in [6.07, 6.45) is 3.98. The van der Waals surface area contributed by atoms with Crippen LogP contribution >= 0.6 is 12.4 Å². The second kappa shape index (κ2) is 16.2. The van der Waals surface area contributed by atoms with Crippen molar-refractivity contribution in [3.63, 3.8) is 0 Å². The van der Waals surface area contributed by atoms with Crippen molar-refractivity contribution in [2.24, 2.45) is 0 Å². The maximum absolute atomic E-state index is 3.78. The molecule has 0 rings (SSSR count). The van der Waals surface area contributed by atoms with Gasteiger partial charge < -0.3 is 5.32 Å². The first-order valence-electron chi connectivity index (χ1n) is 3.26. The van der Waals surface area contributed by atoms with Gasteiger partial charge >= 0.3 is 0 Å². The zero-order chi connectivity index (χ0) is 8.41. The Morgan fingerprint density at radius 3 is 2.18 bits per heavy atom. The highest BCUT2D eigenvalue weighted by atomic mass is 35.5. The maximum atomic E-state index is 3.78. The average Bonchev–Trinajstić information content (AvgIpc) is 1.93. The van der Waals surface area contributed by atoms with E-state index in [-0.39, 0.29) is 12.4 Å². The van der Waals surface area contributed by atoms with E-state index in [9.17, 15) is 0 Å². The molecule has 0 aliphatic carbocycles. The van der Waals surface area contributed by atoms with E-state index in [1.807, 2.05) is 26.1 Å². The number of hydrogen-bond acceptors (Lipinski definition) is 1. The van der Waals surface area contributed by atoms with Crippen LogP contribution in [0.15, 0.2) is 37.5 Å². The lowest BCUT2D eigenvalue weighted by Gasteiger charge is -1.94. The SMILES string of the molecule is C=C.C=C(/C=C\C)CNC.Cl. The molecule has 0 heterocycles. The van der Waals surface area contributed by atoms with Crippen molar-refractivity contribution in [2.75, 3.05) is 13.6 Å². The standard InChI is InChI=1S/C7H13N.C2H4.ClH/c1-4-5-7(2)6-8-3;1-2;/h4-5,8H,2,6H2,1,3H3;1-2H2;1H/b5-4-;;. The van der Waals surface area contributed by atoms with Gasteiger partial charge in [0.25, 0.3) is 0 Å². The molecule has 0 amide bonds. The fourth-order valence-electron chi connectivity index (χ4n) is 0.522. The fraction of sp³-hybridized carbons (Fsp3) is 0.333. The molecule has 2 heteroatoms. The van der Waals surface area contributed by atoms with Crippen molar-refractivity contribution in [3.8, 4) is 0 Å². The molecule has 0 fully saturated rings. The molecule has 0 aromatic carbocycles. The lowest BCUT2D eigenvalue weighted by molar-refractivity contribution is 0.898. The van der Waals surface area contributed by atoms with Crippen molar-refractivity contribution < 1.29 is 0 Å². The number of allylic oxidation sites excluding steroid dienone is 1. The molecule has 0 unspecified atom stereocenters. The van der Waals surface area contributed by atoms with Crippen molar-refractivity contribution in [3.05, 3.63) is 37.5 Å². The summed E-state index contributed by atoms with van der Waals surface area (Å²) in [6.45, 7) is 12.7. The Bertz CT molecular complexity index is 108. The number of hydrogen-bond donors (Lipinski definition) is 1. The first-order valence-corrected chi connectivity index (χ1v) is 3.26. The Hall–Kier alpha value is -0.530. The molecule has 0 saturated heterocycles. The molecule has 0 radical (unpaired) electrons. The van der Waals surface area contributed by atoms with Gasteiger partial charge in [0.1, 0.15) is 0 Å². The maximum Gasteiger partial charge on any atom is 0.0196 e. The van der Waals surface area contributed by atoms with Gasteiger partial charge in [0.15, 0.2) is 0 Å². The Kier molecular flexibility index (Phi) is 24.8. The van der Waals surface area contributed by atoms with Crippen LogP contribution in [0.4, 0.5) is 0 Å². The van der Waals surface area contributed by atoms with Crippen molar-refractivity contribution in [2.45, 2.75) is 6.92 Å². The smallest absolute Gasteiger partial charge is 0.0196 e. The number of nitrogens with one attached hydrogen (secondary N) is 1. The summed E-state index contributed by atoms with van der Waals surface area (Å²) in [5.41, 5.74) is 1.12. The Balaban J connectivity index is -0.000000196. The summed E-state index contributed by atoms with van der Waals surface area (Å²) in [6, 6.07) is 0. The van der Waals surface area contributed by atoms with Gasteiger partial charge in [-0.3, -0.25) is 0 Å². The molecular weight excluding hydrogens is 158 g/mol. The number of rotatable bonds is 3. The highest BCUT2D eigenvalue weighted by Crippen LogP contribution is 1.87. The molecular formula is C9H18ClN. The molecule has 11 heavy (non-hydrogen) atoms. The van der Waals surface area contributed by atoms with E-state index < -0.39 is 0 Å². The second-order valence-electron chi connectivity index (χ2n) is 1.69. The molecule has 0 saturated carbocycles. The van der Waals surface area contributed by atoms with Crippen LogP contribution in [0.25, 0.3) is 0 Å². The minimum atomic E-state index is 0. The number of halogens is 1. The van der Waals surface area contributed by atoms with Crippen molar-refractivity contribution in [1.29, 1.82) is 0 Å². The van der Waals surface area contributed by atoms with Crippen molar-refractivity contribution in [1.82, 2.24) is 5.32 Å². The van der Waals surface area contributed by atoms with Crippen LogP contribution < -0.4 is 5.32 Å². The Labute approximate surface area is 76.3 Å². The molecule has 0 aromatic heterocycles. The fourth-order valence-corrected chi connectivity index (χ4v) is 0.522. The van der Waals surface area contributed by atoms with E-state index in [0.717, 1.165) is 12.1 Å². The highest BCUT2D eigenvalue weighted by molar-refractivity contribution is 5.85. The molecule has 0 aliphatic heterocycles. The van der Waals surface area contributed by atoms with Crippen LogP contribution in [0.2, 0.25) is 0 Å². The minimum absolute atomic E-state index is 0. The summed E-state index contributed by atoms with van der Waals surface area (Å²) < 4.78 is 0. The van der Waals surface area contributed by atoms with Crippen LogP contribution in [-0.4, -0.2) is 13.6 Å². The third kappa shape index (κ3) is 17.7. The van der Waals surface area contributed by atoms with Crippen molar-refractivity contribution >= 4 is 12.4 Å². The summed E-state index contributed by atoms with van der Waals surface area (Å²) in [5, 5.41) is 3.00. The molecule has 0 atom stereocenters. The van der Waals surface area contributed by atoms with Crippen LogP contribution in [0.5, 0.6) is 0 Å². The van der Waals surface area contributed by atoms with Gasteiger partial charge in [0.2, 0.25) is 0 Å². The summed E-state index contributed by atoms with van der Waals surface area (Å²) in [4.78, 5) is 0. The Morgan fingerprint density at radius 1 is 1.45 bits per heavy atom. The van der Waals surface area contributed by atoms with E-state index in [4.69, 9.17) is 0 Å². The lowest BCUT2D eigenvalue weighted by Crippen LogP contribution is -2.07. The zero-order valence-electron chi connectivity index (χ0n) is 7.39. The highest BCUT2D eigenvalue weighted by Gasteiger charge is 1.79. The molecule has 0 bridgehead atoms. The molecule has 0 aromatic rings. The van der Waals surface area contributed by atoms with E-state index in [0.29, 0.717) is 0 Å². The Morgan fingerprint density at radius 2 is 1.91 bits per heavy atom. The van der Waals surface area contributed by atoms with Gasteiger partial charge in [0.05, 0.1) is 0 Å². The van der Waals surface area contributed by atoms with Crippen LogP contribution in [0, 0.1) is 0 Å². The molecule has 66 valence electrons. The van der Waals surface area contributed by atoms with E-state index in [2.05, 4.69) is 25.1 Å². The third-order valence-electron chi connectivity index (χ3n) is 0.806. The van der Waals surface area contributed by atoms with Gasteiger partial charge in [-0.25, -0.2) is 0 Å². The monoisotopic (exact) mass is 175 g/mol. The summed E-state index contributed by atoms with van der Waals surface area (Å²) in [5.74, 6) is 0. The van der Waals surface area contributed by atoms with E-state index >= 15 is 0 Å². The second-order valence-corrected chi connectivity index (χ2v) is 1.69. The summed E-state index contributed by atoms with van der Waals surface area (Å²) in [7, 11) is 1.91. The van der Waals surface area contributed by atoms with E-state index in [1.165, 1.54) is 0 Å². The van der Waals surface area contributed by atoms with Gasteiger partial charge in [-0.05, 0) is 19.5 Å². The topological polar surface area (TPSA) is 12.0 Å².